The number of ether oxygens (including phenoxy) is 1. The number of cyclic esters (lactones) is 1. The summed E-state index contributed by atoms with van der Waals surface area (Å²) in [6.45, 7) is 0.845. The van der Waals surface area contributed by atoms with E-state index in [0.717, 1.165) is 0 Å². The number of carboxylic acid groups (broad SMARTS) is 1. The van der Waals surface area contributed by atoms with Crippen LogP contribution in [0.25, 0.3) is 0 Å². The van der Waals surface area contributed by atoms with E-state index in [1.165, 1.54) is 4.90 Å². The van der Waals surface area contributed by atoms with E-state index < -0.39 is 18.2 Å². The summed E-state index contributed by atoms with van der Waals surface area (Å²) in [7, 11) is 0. The third kappa shape index (κ3) is 3.05. The number of rotatable bonds is 5. The van der Waals surface area contributed by atoms with Crippen LogP contribution in [0, 0.1) is 0 Å². The molecule has 106 valence electrons. The van der Waals surface area contributed by atoms with Crippen LogP contribution in [-0.2, 0) is 9.53 Å². The van der Waals surface area contributed by atoms with E-state index >= 15 is 0 Å². The van der Waals surface area contributed by atoms with Crippen LogP contribution in [0.3, 0.4) is 0 Å². The molecule has 0 aromatic heterocycles. The molecule has 1 aromatic rings. The molecular weight excluding hydrogens is 264 g/mol. The van der Waals surface area contributed by atoms with Crippen LogP contribution >= 0.6 is 0 Å². The summed E-state index contributed by atoms with van der Waals surface area (Å²) in [4.78, 5) is 34.2. The fraction of sp³-hybridized carbons (Fsp3) is 0.308. The minimum absolute atomic E-state index is 0.0530. The highest BCUT2D eigenvalue weighted by molar-refractivity contribution is 5.89. The molecule has 1 aromatic carbocycles. The molecule has 1 aliphatic rings. The zero-order valence-corrected chi connectivity index (χ0v) is 10.6. The molecule has 7 heteroatoms. The Morgan fingerprint density at radius 3 is 2.65 bits per heavy atom. The average Bonchev–Trinajstić information content (AvgIpc) is 2.84. The number of anilines is 1. The Bertz CT molecular complexity index is 514. The second-order valence-electron chi connectivity index (χ2n) is 4.26. The molecule has 7 nitrogen and oxygen atoms in total. The van der Waals surface area contributed by atoms with Crippen molar-refractivity contribution in [3.8, 4) is 0 Å². The van der Waals surface area contributed by atoms with Crippen molar-refractivity contribution in [1.82, 2.24) is 5.32 Å². The van der Waals surface area contributed by atoms with Gasteiger partial charge in [-0.1, -0.05) is 12.1 Å². The number of benzene rings is 1. The van der Waals surface area contributed by atoms with Gasteiger partial charge in [0.1, 0.15) is 12.9 Å². The Morgan fingerprint density at radius 1 is 1.45 bits per heavy atom. The SMILES string of the molecule is O=CCC(NC(=O)O)c1ccc(N2CCOC2=O)cc1. The summed E-state index contributed by atoms with van der Waals surface area (Å²) in [6, 6.07) is 6.17. The van der Waals surface area contributed by atoms with Crippen molar-refractivity contribution in [3.05, 3.63) is 29.8 Å². The maximum atomic E-state index is 11.4. The van der Waals surface area contributed by atoms with Gasteiger partial charge in [-0.25, -0.2) is 9.59 Å². The maximum Gasteiger partial charge on any atom is 0.414 e. The van der Waals surface area contributed by atoms with E-state index in [1.807, 2.05) is 0 Å². The van der Waals surface area contributed by atoms with Gasteiger partial charge in [-0.2, -0.15) is 0 Å². The third-order valence-electron chi connectivity index (χ3n) is 3.00. The minimum Gasteiger partial charge on any atom is -0.465 e. The average molecular weight is 278 g/mol. The van der Waals surface area contributed by atoms with Gasteiger partial charge in [-0.3, -0.25) is 4.90 Å². The first-order chi connectivity index (χ1) is 9.61. The molecular formula is C13H14N2O5. The topological polar surface area (TPSA) is 95.9 Å². The van der Waals surface area contributed by atoms with Crippen LogP contribution in [0.5, 0.6) is 0 Å². The molecule has 0 bridgehead atoms. The molecule has 1 unspecified atom stereocenters. The van der Waals surface area contributed by atoms with E-state index in [1.54, 1.807) is 24.3 Å². The molecule has 0 spiro atoms. The van der Waals surface area contributed by atoms with E-state index in [4.69, 9.17) is 9.84 Å². The zero-order chi connectivity index (χ0) is 14.5. The molecule has 20 heavy (non-hydrogen) atoms. The molecule has 1 atom stereocenters. The van der Waals surface area contributed by atoms with Crippen LogP contribution in [0.15, 0.2) is 24.3 Å². The quantitative estimate of drug-likeness (QED) is 0.796. The first kappa shape index (κ1) is 13.9. The number of carbonyl (C=O) groups excluding carboxylic acids is 2. The number of carbonyl (C=O) groups is 3. The largest absolute Gasteiger partial charge is 0.465 e. The fourth-order valence-electron chi connectivity index (χ4n) is 2.04. The molecule has 0 radical (unpaired) electrons. The zero-order valence-electron chi connectivity index (χ0n) is 10.6. The highest BCUT2D eigenvalue weighted by Gasteiger charge is 2.23. The summed E-state index contributed by atoms with van der Waals surface area (Å²) in [6.07, 6.45) is -0.876. The van der Waals surface area contributed by atoms with Gasteiger partial charge in [0.25, 0.3) is 0 Å². The number of nitrogens with zero attached hydrogens (tertiary/aromatic N) is 1. The van der Waals surface area contributed by atoms with Crippen molar-refractivity contribution < 1.29 is 24.2 Å². The molecule has 2 amide bonds. The second kappa shape index (κ2) is 6.05. The molecule has 1 fully saturated rings. The normalized spacial score (nSPS) is 15.6. The standard InChI is InChI=1S/C13H14N2O5/c16-7-5-11(14-12(17)18)9-1-3-10(4-2-9)15-6-8-20-13(15)19/h1-4,7,11,14H,5-6,8H2,(H,17,18). The third-order valence-corrected chi connectivity index (χ3v) is 3.00. The predicted octanol–water partition coefficient (Wildman–Crippen LogP) is 1.54. The number of nitrogens with one attached hydrogen (secondary N) is 1. The van der Waals surface area contributed by atoms with Gasteiger partial charge >= 0.3 is 12.2 Å². The Hall–Kier alpha value is -2.57. The Morgan fingerprint density at radius 2 is 2.15 bits per heavy atom. The van der Waals surface area contributed by atoms with Gasteiger partial charge in [0.05, 0.1) is 12.6 Å². The maximum absolute atomic E-state index is 11.4. The van der Waals surface area contributed by atoms with Gasteiger partial charge in [-0.05, 0) is 17.7 Å². The summed E-state index contributed by atoms with van der Waals surface area (Å²) in [5.41, 5.74) is 1.34. The lowest BCUT2D eigenvalue weighted by molar-refractivity contribution is -0.108. The molecule has 0 saturated carbocycles. The number of amides is 2. The van der Waals surface area contributed by atoms with Crippen LogP contribution in [0.1, 0.15) is 18.0 Å². The van der Waals surface area contributed by atoms with Crippen LogP contribution < -0.4 is 10.2 Å². The number of hydrogen-bond donors (Lipinski definition) is 2. The number of aldehydes is 1. The van der Waals surface area contributed by atoms with E-state index in [0.29, 0.717) is 30.7 Å². The van der Waals surface area contributed by atoms with Crippen molar-refractivity contribution in [2.24, 2.45) is 0 Å². The van der Waals surface area contributed by atoms with Crippen LogP contribution in [0.4, 0.5) is 15.3 Å². The van der Waals surface area contributed by atoms with Gasteiger partial charge < -0.3 is 20.0 Å². The Labute approximate surface area is 115 Å². The van der Waals surface area contributed by atoms with Gasteiger partial charge in [0, 0.05) is 12.1 Å². The summed E-state index contributed by atoms with van der Waals surface area (Å²) in [5, 5.41) is 11.0. The molecule has 2 rings (SSSR count). The van der Waals surface area contributed by atoms with E-state index in [9.17, 15) is 14.4 Å². The first-order valence-corrected chi connectivity index (χ1v) is 6.09. The molecule has 2 N–H and O–H groups in total. The van der Waals surface area contributed by atoms with Crippen LogP contribution in [-0.4, -0.2) is 36.7 Å². The number of hydrogen-bond acceptors (Lipinski definition) is 4. The van der Waals surface area contributed by atoms with Crippen molar-refractivity contribution in [3.63, 3.8) is 0 Å². The van der Waals surface area contributed by atoms with Crippen LogP contribution in [0.2, 0.25) is 0 Å². The molecule has 1 aliphatic heterocycles. The van der Waals surface area contributed by atoms with Gasteiger partial charge in [-0.15, -0.1) is 0 Å². The molecule has 1 saturated heterocycles. The van der Waals surface area contributed by atoms with Gasteiger partial charge in [0.2, 0.25) is 0 Å². The predicted molar refractivity (Wildman–Crippen MR) is 69.7 cm³/mol. The lowest BCUT2D eigenvalue weighted by Gasteiger charge is -2.17. The van der Waals surface area contributed by atoms with E-state index in [2.05, 4.69) is 5.32 Å². The Kier molecular flexibility index (Phi) is 4.19. The van der Waals surface area contributed by atoms with Crippen molar-refractivity contribution in [2.45, 2.75) is 12.5 Å². The van der Waals surface area contributed by atoms with Crippen molar-refractivity contribution in [1.29, 1.82) is 0 Å². The smallest absolute Gasteiger partial charge is 0.414 e. The monoisotopic (exact) mass is 278 g/mol. The lowest BCUT2D eigenvalue weighted by atomic mass is 10.0. The van der Waals surface area contributed by atoms with E-state index in [-0.39, 0.29) is 6.42 Å². The Balaban J connectivity index is 2.14. The molecule has 0 aliphatic carbocycles. The van der Waals surface area contributed by atoms with Gasteiger partial charge in [0.15, 0.2) is 0 Å². The molecule has 1 heterocycles. The summed E-state index contributed by atoms with van der Waals surface area (Å²) in [5.74, 6) is 0. The highest BCUT2D eigenvalue weighted by Crippen LogP contribution is 2.23. The highest BCUT2D eigenvalue weighted by atomic mass is 16.6. The van der Waals surface area contributed by atoms with Crippen molar-refractivity contribution in [2.75, 3.05) is 18.1 Å². The second-order valence-corrected chi connectivity index (χ2v) is 4.26. The first-order valence-electron chi connectivity index (χ1n) is 6.09. The minimum atomic E-state index is -1.19. The fourth-order valence-corrected chi connectivity index (χ4v) is 2.04. The summed E-state index contributed by atoms with van der Waals surface area (Å²) < 4.78 is 4.84. The van der Waals surface area contributed by atoms with Crippen molar-refractivity contribution >= 4 is 24.2 Å². The lowest BCUT2D eigenvalue weighted by Crippen LogP contribution is -2.27. The summed E-state index contributed by atoms with van der Waals surface area (Å²) >= 11 is 0.